The van der Waals surface area contributed by atoms with Gasteiger partial charge < -0.3 is 9.47 Å². The molecule has 2 aliphatic carbocycles. The van der Waals surface area contributed by atoms with E-state index in [9.17, 15) is 0 Å². The summed E-state index contributed by atoms with van der Waals surface area (Å²) >= 11 is 0. The van der Waals surface area contributed by atoms with Crippen LogP contribution in [0.25, 0.3) is 38.6 Å². The Balaban J connectivity index is 1.16. The molecule has 0 bridgehead atoms. The number of para-hydroxylation sites is 3. The predicted octanol–water partition coefficient (Wildman–Crippen LogP) is 13.3. The number of hydrogen-bond donors (Lipinski definition) is 0. The van der Waals surface area contributed by atoms with E-state index in [4.69, 9.17) is 0 Å². The van der Waals surface area contributed by atoms with Crippen molar-refractivity contribution in [2.75, 3.05) is 4.90 Å². The summed E-state index contributed by atoms with van der Waals surface area (Å²) in [6.45, 7) is 4.81. The molecule has 0 fully saturated rings. The lowest BCUT2D eigenvalue weighted by Gasteiger charge is -2.47. The second-order valence-corrected chi connectivity index (χ2v) is 15.3. The van der Waals surface area contributed by atoms with Crippen LogP contribution in [0.15, 0.2) is 194 Å². The first-order valence-corrected chi connectivity index (χ1v) is 18.9. The second kappa shape index (κ2) is 11.4. The van der Waals surface area contributed by atoms with Crippen LogP contribution in [-0.2, 0) is 10.8 Å². The Kier molecular flexibility index (Phi) is 6.55. The van der Waals surface area contributed by atoms with Crippen molar-refractivity contribution in [1.29, 1.82) is 0 Å². The van der Waals surface area contributed by atoms with Crippen LogP contribution in [0.4, 0.5) is 17.1 Å². The number of benzene rings is 8. The Labute approximate surface area is 316 Å². The van der Waals surface area contributed by atoms with Crippen LogP contribution < -0.4 is 4.90 Å². The van der Waals surface area contributed by atoms with Gasteiger partial charge >= 0.3 is 0 Å². The van der Waals surface area contributed by atoms with Gasteiger partial charge in [0.2, 0.25) is 0 Å². The molecular formula is C52H38N2. The molecule has 2 nitrogen and oxygen atoms in total. The summed E-state index contributed by atoms with van der Waals surface area (Å²) in [5.41, 5.74) is 17.1. The summed E-state index contributed by atoms with van der Waals surface area (Å²) < 4.78 is 2.41. The molecule has 8 aromatic carbocycles. The fourth-order valence-corrected chi connectivity index (χ4v) is 9.97. The zero-order valence-electron chi connectivity index (χ0n) is 30.4. The van der Waals surface area contributed by atoms with Crippen molar-refractivity contribution < 1.29 is 0 Å². The van der Waals surface area contributed by atoms with Crippen LogP contribution in [-0.4, -0.2) is 4.57 Å². The smallest absolute Gasteiger partial charge is 0.0719 e. The average Bonchev–Trinajstić information content (AvgIpc) is 3.72. The molecule has 1 spiro atoms. The minimum Gasteiger partial charge on any atom is -0.310 e. The Hall–Kier alpha value is -6.64. The van der Waals surface area contributed by atoms with E-state index in [1.54, 1.807) is 0 Å². The standard InChI is InChI=1S/C52H38N2/c1-51(2)45-27-12-13-28-46(45)52(43-25-10-6-21-39(43)40-22-7-11-26-44(40)52)47-32-31-38(34-48(47)51)53(35-17-4-3-5-18-35)36-19-16-20-37(33-36)54-49-29-14-8-23-41(49)42-24-9-15-30-50(42)54/h3-34H,1-2H3. The van der Waals surface area contributed by atoms with Gasteiger partial charge in [0.05, 0.1) is 16.4 Å². The first-order chi connectivity index (χ1) is 26.6. The molecule has 54 heavy (non-hydrogen) atoms. The molecular weight excluding hydrogens is 653 g/mol. The van der Waals surface area contributed by atoms with Gasteiger partial charge in [0.15, 0.2) is 0 Å². The lowest BCUT2D eigenvalue weighted by atomic mass is 9.55. The van der Waals surface area contributed by atoms with Crippen molar-refractivity contribution in [3.63, 3.8) is 0 Å². The van der Waals surface area contributed by atoms with Gasteiger partial charge in [-0.05, 0) is 99.1 Å². The van der Waals surface area contributed by atoms with Crippen LogP contribution in [0, 0.1) is 0 Å². The Bertz CT molecular complexity index is 2830. The van der Waals surface area contributed by atoms with Gasteiger partial charge in [-0.1, -0.05) is 153 Å². The van der Waals surface area contributed by atoms with Gasteiger partial charge in [0.1, 0.15) is 0 Å². The van der Waals surface area contributed by atoms with Crippen molar-refractivity contribution in [3.8, 4) is 16.8 Å². The van der Waals surface area contributed by atoms with E-state index in [1.807, 2.05) is 0 Å². The zero-order valence-corrected chi connectivity index (χ0v) is 30.4. The van der Waals surface area contributed by atoms with Crippen LogP contribution in [0.1, 0.15) is 47.2 Å². The molecule has 0 saturated carbocycles. The highest BCUT2D eigenvalue weighted by molar-refractivity contribution is 6.09. The Morgan fingerprint density at radius 1 is 0.370 bits per heavy atom. The highest BCUT2D eigenvalue weighted by Gasteiger charge is 2.53. The van der Waals surface area contributed by atoms with Crippen molar-refractivity contribution in [2.24, 2.45) is 0 Å². The van der Waals surface area contributed by atoms with E-state index in [0.717, 1.165) is 22.7 Å². The topological polar surface area (TPSA) is 8.17 Å². The number of hydrogen-bond acceptors (Lipinski definition) is 1. The van der Waals surface area contributed by atoms with Crippen LogP contribution >= 0.6 is 0 Å². The Morgan fingerprint density at radius 3 is 1.54 bits per heavy atom. The summed E-state index contributed by atoms with van der Waals surface area (Å²) in [5.74, 6) is 0. The lowest BCUT2D eigenvalue weighted by molar-refractivity contribution is 0.563. The minimum absolute atomic E-state index is 0.243. The van der Waals surface area contributed by atoms with E-state index in [-0.39, 0.29) is 5.41 Å². The van der Waals surface area contributed by atoms with Crippen LogP contribution in [0.3, 0.4) is 0 Å². The molecule has 0 atom stereocenters. The summed E-state index contributed by atoms with van der Waals surface area (Å²) in [6.07, 6.45) is 0. The molecule has 0 saturated heterocycles. The van der Waals surface area contributed by atoms with Gasteiger partial charge in [-0.3, -0.25) is 0 Å². The van der Waals surface area contributed by atoms with E-state index < -0.39 is 5.41 Å². The van der Waals surface area contributed by atoms with Crippen molar-refractivity contribution >= 4 is 38.9 Å². The largest absolute Gasteiger partial charge is 0.310 e. The summed E-state index contributed by atoms with van der Waals surface area (Å²) in [6, 6.07) is 71.9. The van der Waals surface area contributed by atoms with Gasteiger partial charge in [-0.25, -0.2) is 0 Å². The SMILES string of the molecule is CC1(C)c2ccccc2C2(c3ccccc3-c3ccccc32)c2ccc(N(c3ccccc3)c3cccc(-n4c5ccccc5c5ccccc54)c3)cc21. The fourth-order valence-electron chi connectivity index (χ4n) is 9.97. The maximum Gasteiger partial charge on any atom is 0.0719 e. The van der Waals surface area contributed by atoms with Crippen LogP contribution in [0.5, 0.6) is 0 Å². The molecule has 2 heteroatoms. The van der Waals surface area contributed by atoms with Crippen LogP contribution in [0.2, 0.25) is 0 Å². The number of anilines is 3. The van der Waals surface area contributed by atoms with Gasteiger partial charge in [0, 0.05) is 38.9 Å². The molecule has 11 rings (SSSR count). The fraction of sp³-hybridized carbons (Fsp3) is 0.0769. The monoisotopic (exact) mass is 690 g/mol. The maximum absolute atomic E-state index is 2.48. The van der Waals surface area contributed by atoms with E-state index in [2.05, 4.69) is 217 Å². The highest BCUT2D eigenvalue weighted by Crippen LogP contribution is 2.62. The molecule has 0 amide bonds. The summed E-state index contributed by atoms with van der Waals surface area (Å²) in [7, 11) is 0. The Morgan fingerprint density at radius 2 is 0.870 bits per heavy atom. The quantitative estimate of drug-likeness (QED) is 0.178. The molecule has 1 aromatic heterocycles. The highest BCUT2D eigenvalue weighted by atomic mass is 15.1. The molecule has 0 N–H and O–H groups in total. The molecule has 0 aliphatic heterocycles. The molecule has 0 radical (unpaired) electrons. The number of fused-ring (bicyclic) bond motifs is 12. The third-order valence-electron chi connectivity index (χ3n) is 12.2. The number of rotatable bonds is 4. The normalized spacial score (nSPS) is 14.4. The number of nitrogens with zero attached hydrogens (tertiary/aromatic N) is 2. The van der Waals surface area contributed by atoms with Crippen molar-refractivity contribution in [2.45, 2.75) is 24.7 Å². The molecule has 256 valence electrons. The number of aromatic nitrogens is 1. The minimum atomic E-state index is -0.415. The maximum atomic E-state index is 2.48. The molecule has 9 aromatic rings. The summed E-state index contributed by atoms with van der Waals surface area (Å²) in [5, 5.41) is 2.53. The van der Waals surface area contributed by atoms with Gasteiger partial charge in [-0.15, -0.1) is 0 Å². The van der Waals surface area contributed by atoms with Crippen molar-refractivity contribution in [3.05, 3.63) is 228 Å². The first kappa shape index (κ1) is 30.9. The third-order valence-corrected chi connectivity index (χ3v) is 12.2. The molecule has 1 heterocycles. The van der Waals surface area contributed by atoms with Gasteiger partial charge in [-0.2, -0.15) is 0 Å². The predicted molar refractivity (Wildman–Crippen MR) is 225 cm³/mol. The second-order valence-electron chi connectivity index (χ2n) is 15.3. The molecule has 2 aliphatic rings. The van der Waals surface area contributed by atoms with E-state index >= 15 is 0 Å². The third kappa shape index (κ3) is 4.11. The summed E-state index contributed by atoms with van der Waals surface area (Å²) in [4.78, 5) is 2.43. The average molecular weight is 691 g/mol. The lowest BCUT2D eigenvalue weighted by Crippen LogP contribution is -2.40. The zero-order chi connectivity index (χ0) is 36.0. The van der Waals surface area contributed by atoms with Gasteiger partial charge in [0.25, 0.3) is 0 Å². The van der Waals surface area contributed by atoms with E-state index in [0.29, 0.717) is 0 Å². The molecule has 0 unspecified atom stereocenters. The van der Waals surface area contributed by atoms with Crippen molar-refractivity contribution in [1.82, 2.24) is 4.57 Å². The van der Waals surface area contributed by atoms with E-state index in [1.165, 1.54) is 66.3 Å². The first-order valence-electron chi connectivity index (χ1n) is 18.9.